The van der Waals surface area contributed by atoms with Crippen LogP contribution >= 0.6 is 0 Å². The number of carbonyl (C=O) groups excluding carboxylic acids is 1. The normalized spacial score (nSPS) is 10.1. The highest BCUT2D eigenvalue weighted by Crippen LogP contribution is 2.18. The maximum Gasteiger partial charge on any atom is 0.434 e. The Kier molecular flexibility index (Phi) is 2.72. The van der Waals surface area contributed by atoms with Crippen molar-refractivity contribution in [3.8, 4) is 11.3 Å². The van der Waals surface area contributed by atoms with Crippen molar-refractivity contribution in [3.63, 3.8) is 0 Å². The molecule has 2 aromatic rings. The first-order chi connectivity index (χ1) is 7.72. The van der Waals surface area contributed by atoms with Crippen molar-refractivity contribution in [1.29, 1.82) is 0 Å². The third-order valence-electron chi connectivity index (χ3n) is 2.30. The smallest absolute Gasteiger partial charge is 0.434 e. The molecular weight excluding hydrogens is 204 g/mol. The Bertz CT molecular complexity index is 503. The molecule has 0 aliphatic carbocycles. The van der Waals surface area contributed by atoms with Gasteiger partial charge in [0.15, 0.2) is 0 Å². The fourth-order valence-electron chi connectivity index (χ4n) is 1.50. The zero-order valence-electron chi connectivity index (χ0n) is 9.18. The van der Waals surface area contributed by atoms with Crippen LogP contribution in [0.4, 0.5) is 4.79 Å². The van der Waals surface area contributed by atoms with Crippen LogP contribution in [0.15, 0.2) is 36.4 Å². The first-order valence-corrected chi connectivity index (χ1v) is 4.93. The number of aryl methyl sites for hydroxylation is 1. The van der Waals surface area contributed by atoms with Crippen molar-refractivity contribution < 1.29 is 9.53 Å². The molecular formula is C12H12N2O2. The van der Waals surface area contributed by atoms with E-state index in [1.54, 1.807) is 0 Å². The lowest BCUT2D eigenvalue weighted by molar-refractivity contribution is 0.168. The van der Waals surface area contributed by atoms with E-state index in [0.717, 1.165) is 17.0 Å². The number of benzene rings is 1. The van der Waals surface area contributed by atoms with E-state index < -0.39 is 6.09 Å². The Morgan fingerprint density at radius 1 is 1.31 bits per heavy atom. The molecule has 82 valence electrons. The molecule has 0 aliphatic heterocycles. The van der Waals surface area contributed by atoms with Gasteiger partial charge in [-0.05, 0) is 13.0 Å². The summed E-state index contributed by atoms with van der Waals surface area (Å²) in [6.45, 7) is 1.82. The Hall–Kier alpha value is -2.10. The first kappa shape index (κ1) is 10.4. The van der Waals surface area contributed by atoms with Gasteiger partial charge >= 0.3 is 6.09 Å². The van der Waals surface area contributed by atoms with E-state index in [9.17, 15) is 4.79 Å². The lowest BCUT2D eigenvalue weighted by Crippen LogP contribution is -2.14. The average Bonchev–Trinajstić information content (AvgIpc) is 2.71. The molecule has 0 bridgehead atoms. The Balaban J connectivity index is 2.42. The maximum absolute atomic E-state index is 11.4. The number of hydrogen-bond acceptors (Lipinski definition) is 3. The van der Waals surface area contributed by atoms with Gasteiger partial charge in [0.1, 0.15) is 0 Å². The summed E-state index contributed by atoms with van der Waals surface area (Å²) in [5.41, 5.74) is 2.50. The second-order valence-electron chi connectivity index (χ2n) is 3.42. The predicted octanol–water partition coefficient (Wildman–Crippen LogP) is 2.47. The van der Waals surface area contributed by atoms with E-state index in [1.807, 2.05) is 43.3 Å². The van der Waals surface area contributed by atoms with Gasteiger partial charge in [0.05, 0.1) is 12.8 Å². The van der Waals surface area contributed by atoms with Crippen molar-refractivity contribution in [2.45, 2.75) is 6.92 Å². The highest BCUT2D eigenvalue weighted by molar-refractivity contribution is 5.72. The van der Waals surface area contributed by atoms with E-state index >= 15 is 0 Å². The third kappa shape index (κ3) is 1.82. The molecule has 1 aromatic heterocycles. The third-order valence-corrected chi connectivity index (χ3v) is 2.30. The molecule has 0 amide bonds. The fourth-order valence-corrected chi connectivity index (χ4v) is 1.50. The number of ether oxygens (including phenoxy) is 1. The first-order valence-electron chi connectivity index (χ1n) is 4.93. The minimum absolute atomic E-state index is 0.473. The molecule has 2 rings (SSSR count). The van der Waals surface area contributed by atoms with Crippen molar-refractivity contribution in [3.05, 3.63) is 42.1 Å². The largest absolute Gasteiger partial charge is 0.451 e. The molecule has 0 saturated carbocycles. The fraction of sp³-hybridized carbons (Fsp3) is 0.167. The summed E-state index contributed by atoms with van der Waals surface area (Å²) in [5.74, 6) is 0. The van der Waals surface area contributed by atoms with E-state index in [0.29, 0.717) is 0 Å². The molecule has 1 aromatic carbocycles. The summed E-state index contributed by atoms with van der Waals surface area (Å²) >= 11 is 0. The molecule has 16 heavy (non-hydrogen) atoms. The molecule has 0 unspecified atom stereocenters. The molecule has 1 heterocycles. The lowest BCUT2D eigenvalue weighted by Gasteiger charge is -1.99. The highest BCUT2D eigenvalue weighted by Gasteiger charge is 2.11. The van der Waals surface area contributed by atoms with Crippen molar-refractivity contribution in [1.82, 2.24) is 9.78 Å². The van der Waals surface area contributed by atoms with Gasteiger partial charge in [-0.3, -0.25) is 0 Å². The Labute approximate surface area is 93.5 Å². The van der Waals surface area contributed by atoms with Crippen LogP contribution in [0.1, 0.15) is 5.69 Å². The van der Waals surface area contributed by atoms with Crippen LogP contribution in [0.3, 0.4) is 0 Å². The van der Waals surface area contributed by atoms with Crippen LogP contribution < -0.4 is 0 Å². The quantitative estimate of drug-likeness (QED) is 0.735. The molecule has 0 N–H and O–H groups in total. The number of aromatic nitrogens is 2. The van der Waals surface area contributed by atoms with Gasteiger partial charge in [0.25, 0.3) is 0 Å². The minimum atomic E-state index is -0.473. The second kappa shape index (κ2) is 4.18. The predicted molar refractivity (Wildman–Crippen MR) is 60.2 cm³/mol. The standard InChI is InChI=1S/C12H12N2O2/c1-9-8-11(10-6-4-3-5-7-10)13-14(9)12(15)16-2/h3-8H,1-2H3. The highest BCUT2D eigenvalue weighted by atomic mass is 16.5. The summed E-state index contributed by atoms with van der Waals surface area (Å²) in [6.07, 6.45) is -0.473. The van der Waals surface area contributed by atoms with Gasteiger partial charge in [-0.25, -0.2) is 4.79 Å². The van der Waals surface area contributed by atoms with E-state index in [4.69, 9.17) is 0 Å². The van der Waals surface area contributed by atoms with Gasteiger partial charge in [-0.2, -0.15) is 9.78 Å². The van der Waals surface area contributed by atoms with Gasteiger partial charge in [-0.1, -0.05) is 30.3 Å². The van der Waals surface area contributed by atoms with Crippen LogP contribution in [0.25, 0.3) is 11.3 Å². The number of nitrogens with zero attached hydrogens (tertiary/aromatic N) is 2. The van der Waals surface area contributed by atoms with Gasteiger partial charge < -0.3 is 4.74 Å². The summed E-state index contributed by atoms with van der Waals surface area (Å²) in [4.78, 5) is 11.4. The van der Waals surface area contributed by atoms with E-state index in [2.05, 4.69) is 9.84 Å². The van der Waals surface area contributed by atoms with Crippen LogP contribution in [-0.2, 0) is 4.74 Å². The van der Waals surface area contributed by atoms with E-state index in [1.165, 1.54) is 11.8 Å². The molecule has 4 heteroatoms. The molecule has 0 saturated heterocycles. The monoisotopic (exact) mass is 216 g/mol. The SMILES string of the molecule is COC(=O)n1nc(-c2ccccc2)cc1C. The van der Waals surface area contributed by atoms with Crippen molar-refractivity contribution in [2.24, 2.45) is 0 Å². The molecule has 0 radical (unpaired) electrons. The number of methoxy groups -OCH3 is 1. The Morgan fingerprint density at radius 2 is 2.00 bits per heavy atom. The van der Waals surface area contributed by atoms with Crippen LogP contribution in [-0.4, -0.2) is 23.0 Å². The second-order valence-corrected chi connectivity index (χ2v) is 3.42. The van der Waals surface area contributed by atoms with Gasteiger partial charge in [0, 0.05) is 11.3 Å². The van der Waals surface area contributed by atoms with Crippen LogP contribution in [0.5, 0.6) is 0 Å². The maximum atomic E-state index is 11.4. The average molecular weight is 216 g/mol. The van der Waals surface area contributed by atoms with Crippen molar-refractivity contribution in [2.75, 3.05) is 7.11 Å². The molecule has 4 nitrogen and oxygen atoms in total. The van der Waals surface area contributed by atoms with Gasteiger partial charge in [0.2, 0.25) is 0 Å². The zero-order valence-corrected chi connectivity index (χ0v) is 9.18. The number of carbonyl (C=O) groups is 1. The van der Waals surface area contributed by atoms with Crippen molar-refractivity contribution >= 4 is 6.09 Å². The Morgan fingerprint density at radius 3 is 2.62 bits per heavy atom. The molecule has 0 aliphatic rings. The lowest BCUT2D eigenvalue weighted by atomic mass is 10.1. The zero-order chi connectivity index (χ0) is 11.5. The van der Waals surface area contributed by atoms with Crippen LogP contribution in [0, 0.1) is 6.92 Å². The van der Waals surface area contributed by atoms with Gasteiger partial charge in [-0.15, -0.1) is 0 Å². The summed E-state index contributed by atoms with van der Waals surface area (Å²) in [6, 6.07) is 11.6. The summed E-state index contributed by atoms with van der Waals surface area (Å²) in [7, 11) is 1.34. The van der Waals surface area contributed by atoms with E-state index in [-0.39, 0.29) is 0 Å². The number of hydrogen-bond donors (Lipinski definition) is 0. The topological polar surface area (TPSA) is 44.1 Å². The molecule has 0 fully saturated rings. The number of rotatable bonds is 1. The minimum Gasteiger partial charge on any atom is -0.451 e. The summed E-state index contributed by atoms with van der Waals surface area (Å²) < 4.78 is 5.88. The van der Waals surface area contributed by atoms with Crippen LogP contribution in [0.2, 0.25) is 0 Å². The molecule has 0 spiro atoms. The summed E-state index contributed by atoms with van der Waals surface area (Å²) in [5, 5.41) is 4.19. The molecule has 0 atom stereocenters.